The number of benzene rings is 2. The lowest BCUT2D eigenvalue weighted by atomic mass is 10.2. The average Bonchev–Trinajstić information content (AvgIpc) is 2.58. The molecule has 2 rings (SSSR count). The Bertz CT molecular complexity index is 740. The molecule has 0 aliphatic rings. The molecule has 0 N–H and O–H groups in total. The van der Waals surface area contributed by atoms with E-state index in [4.69, 9.17) is 31.1 Å². The number of halogens is 1. The molecule has 23 heavy (non-hydrogen) atoms. The van der Waals surface area contributed by atoms with Gasteiger partial charge in [-0.2, -0.15) is 5.26 Å². The molecule has 0 fully saturated rings. The maximum absolute atomic E-state index is 11.7. The van der Waals surface area contributed by atoms with Gasteiger partial charge < -0.3 is 14.2 Å². The SMILES string of the molecule is COc1cc(C(=O)OCC#N)ccc1OCc1ccccc1Cl. The van der Waals surface area contributed by atoms with Crippen LogP contribution < -0.4 is 9.47 Å². The van der Waals surface area contributed by atoms with Gasteiger partial charge in [-0.3, -0.25) is 0 Å². The summed E-state index contributed by atoms with van der Waals surface area (Å²) in [6, 6.07) is 13.8. The lowest BCUT2D eigenvalue weighted by Crippen LogP contribution is -2.06. The van der Waals surface area contributed by atoms with E-state index in [9.17, 15) is 4.79 Å². The first-order valence-electron chi connectivity index (χ1n) is 6.74. The number of carbonyl (C=O) groups excluding carboxylic acids is 1. The fraction of sp³-hybridized carbons (Fsp3) is 0.176. The monoisotopic (exact) mass is 331 g/mol. The summed E-state index contributed by atoms with van der Waals surface area (Å²) in [5, 5.41) is 9.04. The van der Waals surface area contributed by atoms with Crippen LogP contribution in [0.3, 0.4) is 0 Å². The molecule has 0 saturated carbocycles. The Morgan fingerprint density at radius 1 is 1.22 bits per heavy atom. The molecule has 0 saturated heterocycles. The zero-order chi connectivity index (χ0) is 16.7. The van der Waals surface area contributed by atoms with E-state index in [0.29, 0.717) is 16.5 Å². The molecule has 0 amide bonds. The van der Waals surface area contributed by atoms with Crippen molar-refractivity contribution in [2.45, 2.75) is 6.61 Å². The Kier molecular flexibility index (Phi) is 5.84. The maximum Gasteiger partial charge on any atom is 0.339 e. The van der Waals surface area contributed by atoms with Crippen LogP contribution in [0.25, 0.3) is 0 Å². The second-order valence-corrected chi connectivity index (χ2v) is 4.89. The smallest absolute Gasteiger partial charge is 0.339 e. The summed E-state index contributed by atoms with van der Waals surface area (Å²) in [5.74, 6) is 0.273. The van der Waals surface area contributed by atoms with Gasteiger partial charge in [-0.1, -0.05) is 29.8 Å². The minimum Gasteiger partial charge on any atom is -0.493 e. The molecule has 0 aliphatic carbocycles. The van der Waals surface area contributed by atoms with Crippen molar-refractivity contribution in [2.24, 2.45) is 0 Å². The minimum atomic E-state index is -0.595. The van der Waals surface area contributed by atoms with E-state index in [0.717, 1.165) is 5.56 Å². The number of nitrogens with zero attached hydrogens (tertiary/aromatic N) is 1. The third-order valence-corrected chi connectivity index (χ3v) is 3.38. The number of nitriles is 1. The second kappa shape index (κ2) is 8.06. The highest BCUT2D eigenvalue weighted by Gasteiger charge is 2.12. The van der Waals surface area contributed by atoms with Crippen LogP contribution in [-0.4, -0.2) is 19.7 Å². The summed E-state index contributed by atoms with van der Waals surface area (Å²) in [5.41, 5.74) is 1.12. The van der Waals surface area contributed by atoms with Crippen molar-refractivity contribution in [3.63, 3.8) is 0 Å². The molecule has 0 unspecified atom stereocenters. The first-order valence-corrected chi connectivity index (χ1v) is 7.12. The van der Waals surface area contributed by atoms with Crippen LogP contribution in [-0.2, 0) is 11.3 Å². The maximum atomic E-state index is 11.7. The minimum absolute atomic E-state index is 0.272. The summed E-state index contributed by atoms with van der Waals surface area (Å²) in [6.45, 7) is -0.0276. The molecule has 118 valence electrons. The Hall–Kier alpha value is -2.71. The number of carbonyl (C=O) groups is 1. The van der Waals surface area contributed by atoms with Gasteiger partial charge in [0.25, 0.3) is 0 Å². The third-order valence-electron chi connectivity index (χ3n) is 3.01. The number of esters is 1. The Morgan fingerprint density at radius 3 is 2.70 bits per heavy atom. The highest BCUT2D eigenvalue weighted by molar-refractivity contribution is 6.31. The van der Waals surface area contributed by atoms with E-state index in [2.05, 4.69) is 0 Å². The van der Waals surface area contributed by atoms with E-state index in [1.165, 1.54) is 13.2 Å². The first kappa shape index (κ1) is 16.7. The van der Waals surface area contributed by atoms with E-state index in [1.807, 2.05) is 18.2 Å². The van der Waals surface area contributed by atoms with Gasteiger partial charge in [0.05, 0.1) is 12.7 Å². The van der Waals surface area contributed by atoms with Crippen molar-refractivity contribution >= 4 is 17.6 Å². The Balaban J connectivity index is 2.12. The summed E-state index contributed by atoms with van der Waals surface area (Å²) < 4.78 is 15.7. The van der Waals surface area contributed by atoms with Gasteiger partial charge in [0.15, 0.2) is 18.1 Å². The average molecular weight is 332 g/mol. The van der Waals surface area contributed by atoms with Crippen molar-refractivity contribution in [1.29, 1.82) is 5.26 Å². The third kappa shape index (κ3) is 4.38. The molecule has 0 atom stereocenters. The predicted molar refractivity (Wildman–Crippen MR) is 84.7 cm³/mol. The van der Waals surface area contributed by atoms with Gasteiger partial charge in [0.1, 0.15) is 12.7 Å². The van der Waals surface area contributed by atoms with Gasteiger partial charge >= 0.3 is 5.97 Å². The number of methoxy groups -OCH3 is 1. The van der Waals surface area contributed by atoms with E-state index >= 15 is 0 Å². The van der Waals surface area contributed by atoms with E-state index < -0.39 is 5.97 Å². The first-order chi connectivity index (χ1) is 11.2. The summed E-state index contributed by atoms with van der Waals surface area (Å²) >= 11 is 6.08. The second-order valence-electron chi connectivity index (χ2n) is 4.48. The van der Waals surface area contributed by atoms with Crippen LogP contribution in [0.5, 0.6) is 11.5 Å². The summed E-state index contributed by atoms with van der Waals surface area (Å²) in [7, 11) is 1.47. The van der Waals surface area contributed by atoms with Gasteiger partial charge in [0, 0.05) is 10.6 Å². The van der Waals surface area contributed by atoms with Crippen molar-refractivity contribution in [1.82, 2.24) is 0 Å². The van der Waals surface area contributed by atoms with Crippen molar-refractivity contribution < 1.29 is 19.0 Å². The number of ether oxygens (including phenoxy) is 3. The molecule has 0 aromatic heterocycles. The number of hydrogen-bond donors (Lipinski definition) is 0. The molecule has 2 aromatic carbocycles. The molecular formula is C17H14ClNO4. The standard InChI is InChI=1S/C17H14ClNO4/c1-21-16-10-12(17(20)22-9-8-19)6-7-15(16)23-11-13-4-2-3-5-14(13)18/h2-7,10H,9,11H2,1H3. The topological polar surface area (TPSA) is 68.5 Å². The largest absolute Gasteiger partial charge is 0.493 e. The van der Waals surface area contributed by atoms with E-state index in [1.54, 1.807) is 24.3 Å². The normalized spacial score (nSPS) is 9.78. The molecule has 0 aliphatic heterocycles. The Labute approximate surface area is 139 Å². The molecular weight excluding hydrogens is 318 g/mol. The highest BCUT2D eigenvalue weighted by atomic mass is 35.5. The molecule has 0 bridgehead atoms. The Morgan fingerprint density at radius 2 is 2.00 bits per heavy atom. The predicted octanol–water partition coefficient (Wildman–Crippen LogP) is 3.61. The fourth-order valence-corrected chi connectivity index (χ4v) is 2.06. The lowest BCUT2D eigenvalue weighted by molar-refractivity contribution is 0.0554. The van der Waals surface area contributed by atoms with Gasteiger partial charge in [0.2, 0.25) is 0 Å². The molecule has 0 spiro atoms. The van der Waals surface area contributed by atoms with Gasteiger partial charge in [-0.15, -0.1) is 0 Å². The quantitative estimate of drug-likeness (QED) is 0.756. The summed E-state index contributed by atoms with van der Waals surface area (Å²) in [4.78, 5) is 11.7. The van der Waals surface area contributed by atoms with Crippen LogP contribution in [0.2, 0.25) is 5.02 Å². The zero-order valence-corrected chi connectivity index (χ0v) is 13.2. The highest BCUT2D eigenvalue weighted by Crippen LogP contribution is 2.29. The van der Waals surface area contributed by atoms with Crippen molar-refractivity contribution in [3.8, 4) is 17.6 Å². The van der Waals surface area contributed by atoms with Crippen LogP contribution in [0.4, 0.5) is 0 Å². The van der Waals surface area contributed by atoms with Gasteiger partial charge in [-0.25, -0.2) is 4.79 Å². The molecule has 2 aromatic rings. The van der Waals surface area contributed by atoms with Crippen LogP contribution in [0.15, 0.2) is 42.5 Å². The van der Waals surface area contributed by atoms with Crippen molar-refractivity contribution in [2.75, 3.05) is 13.7 Å². The molecule has 6 heteroatoms. The van der Waals surface area contributed by atoms with Crippen LogP contribution in [0.1, 0.15) is 15.9 Å². The van der Waals surface area contributed by atoms with E-state index in [-0.39, 0.29) is 18.8 Å². The van der Waals surface area contributed by atoms with Crippen LogP contribution >= 0.6 is 11.6 Å². The number of rotatable bonds is 6. The molecule has 0 heterocycles. The van der Waals surface area contributed by atoms with Gasteiger partial charge in [-0.05, 0) is 24.3 Å². The lowest BCUT2D eigenvalue weighted by Gasteiger charge is -2.12. The van der Waals surface area contributed by atoms with Crippen LogP contribution in [0, 0.1) is 11.3 Å². The molecule has 0 radical (unpaired) electrons. The fourth-order valence-electron chi connectivity index (χ4n) is 1.87. The summed E-state index contributed by atoms with van der Waals surface area (Å²) in [6.07, 6.45) is 0. The number of hydrogen-bond acceptors (Lipinski definition) is 5. The molecule has 5 nitrogen and oxygen atoms in total. The zero-order valence-electron chi connectivity index (χ0n) is 12.4. The van der Waals surface area contributed by atoms with Crippen molar-refractivity contribution in [3.05, 3.63) is 58.6 Å².